The van der Waals surface area contributed by atoms with Gasteiger partial charge in [0.1, 0.15) is 0 Å². The van der Waals surface area contributed by atoms with Crippen molar-refractivity contribution in [3.05, 3.63) is 42.1 Å². The quantitative estimate of drug-likeness (QED) is 0.850. The van der Waals surface area contributed by atoms with Gasteiger partial charge in [-0.15, -0.1) is 0 Å². The molecule has 0 spiro atoms. The molecule has 6 heteroatoms. The lowest BCUT2D eigenvalue weighted by atomic mass is 10.1. The summed E-state index contributed by atoms with van der Waals surface area (Å²) in [5, 5.41) is 15.1. The molecule has 0 aliphatic heterocycles. The van der Waals surface area contributed by atoms with Gasteiger partial charge in [0.25, 0.3) is 5.91 Å². The van der Waals surface area contributed by atoms with E-state index in [0.29, 0.717) is 12.2 Å². The summed E-state index contributed by atoms with van der Waals surface area (Å²) in [5.74, 6) is -1.24. The van der Waals surface area contributed by atoms with Crippen molar-refractivity contribution in [1.82, 2.24) is 10.5 Å². The van der Waals surface area contributed by atoms with Gasteiger partial charge in [-0.05, 0) is 6.42 Å². The molecule has 1 atom stereocenters. The number of nitrogens with zero attached hydrogens (tertiary/aromatic N) is 1. The summed E-state index contributed by atoms with van der Waals surface area (Å²) in [5.41, 5.74) is 1.01. The van der Waals surface area contributed by atoms with Crippen molar-refractivity contribution < 1.29 is 19.2 Å². The van der Waals surface area contributed by atoms with Gasteiger partial charge in [-0.2, -0.15) is 0 Å². The summed E-state index contributed by atoms with van der Waals surface area (Å²) in [6, 6.07) is 10.9. The van der Waals surface area contributed by atoms with Gasteiger partial charge in [-0.25, -0.2) is 0 Å². The minimum absolute atomic E-state index is 0.178. The maximum atomic E-state index is 11.9. The van der Waals surface area contributed by atoms with E-state index in [0.717, 1.165) is 5.56 Å². The Morgan fingerprint density at radius 1 is 1.33 bits per heavy atom. The fourth-order valence-corrected chi connectivity index (χ4v) is 1.74. The van der Waals surface area contributed by atoms with Gasteiger partial charge in [-0.1, -0.05) is 42.4 Å². The van der Waals surface area contributed by atoms with Crippen molar-refractivity contribution in [3.8, 4) is 11.3 Å². The predicted octanol–water partition coefficient (Wildman–Crippen LogP) is 2.18. The molecule has 0 bridgehead atoms. The topological polar surface area (TPSA) is 92.4 Å². The normalized spacial score (nSPS) is 11.9. The summed E-state index contributed by atoms with van der Waals surface area (Å²) in [7, 11) is 0. The second-order valence-electron chi connectivity index (χ2n) is 4.73. The number of rotatable bonds is 6. The highest BCUT2D eigenvalue weighted by Gasteiger charge is 2.15. The van der Waals surface area contributed by atoms with Crippen LogP contribution in [0.15, 0.2) is 40.9 Å². The summed E-state index contributed by atoms with van der Waals surface area (Å²) in [4.78, 5) is 22.5. The Balaban J connectivity index is 1.92. The molecule has 0 aliphatic carbocycles. The van der Waals surface area contributed by atoms with Crippen molar-refractivity contribution in [3.63, 3.8) is 0 Å². The number of carbonyl (C=O) groups is 2. The van der Waals surface area contributed by atoms with Crippen molar-refractivity contribution in [2.24, 2.45) is 5.92 Å². The maximum absolute atomic E-state index is 11.9. The molecule has 2 N–H and O–H groups in total. The predicted molar refractivity (Wildman–Crippen MR) is 75.7 cm³/mol. The molecule has 1 heterocycles. The number of carboxylic acids is 1. The van der Waals surface area contributed by atoms with Crippen LogP contribution in [-0.4, -0.2) is 28.7 Å². The van der Waals surface area contributed by atoms with Crippen LogP contribution >= 0.6 is 0 Å². The van der Waals surface area contributed by atoms with Gasteiger partial charge in [-0.3, -0.25) is 9.59 Å². The number of hydrogen-bond donors (Lipinski definition) is 2. The van der Waals surface area contributed by atoms with E-state index in [9.17, 15) is 9.59 Å². The second-order valence-corrected chi connectivity index (χ2v) is 4.73. The first-order valence-electron chi connectivity index (χ1n) is 6.61. The SMILES string of the molecule is CC(CCNC(=O)c1cc(-c2ccccc2)on1)C(=O)O. The van der Waals surface area contributed by atoms with Gasteiger partial charge in [0.15, 0.2) is 11.5 Å². The lowest BCUT2D eigenvalue weighted by molar-refractivity contribution is -0.141. The third-order valence-electron chi connectivity index (χ3n) is 3.09. The minimum atomic E-state index is -0.878. The molecule has 1 aromatic carbocycles. The van der Waals surface area contributed by atoms with E-state index in [1.54, 1.807) is 13.0 Å². The van der Waals surface area contributed by atoms with Crippen molar-refractivity contribution >= 4 is 11.9 Å². The average molecular weight is 288 g/mol. The molecule has 21 heavy (non-hydrogen) atoms. The number of hydrogen-bond acceptors (Lipinski definition) is 4. The van der Waals surface area contributed by atoms with E-state index >= 15 is 0 Å². The molecular formula is C15H16N2O4. The highest BCUT2D eigenvalue weighted by atomic mass is 16.5. The first kappa shape index (κ1) is 14.8. The highest BCUT2D eigenvalue weighted by Crippen LogP contribution is 2.19. The van der Waals surface area contributed by atoms with Gasteiger partial charge < -0.3 is 14.9 Å². The first-order valence-corrected chi connectivity index (χ1v) is 6.61. The van der Waals surface area contributed by atoms with E-state index in [2.05, 4.69) is 10.5 Å². The number of nitrogens with one attached hydrogen (secondary N) is 1. The Kier molecular flexibility index (Phi) is 4.71. The Labute approximate surface area is 121 Å². The number of aromatic nitrogens is 1. The zero-order chi connectivity index (χ0) is 15.2. The number of carboxylic acid groups (broad SMARTS) is 1. The largest absolute Gasteiger partial charge is 0.481 e. The molecule has 0 saturated carbocycles. The molecule has 1 amide bonds. The maximum Gasteiger partial charge on any atom is 0.306 e. The Hall–Kier alpha value is -2.63. The van der Waals surface area contributed by atoms with E-state index in [1.165, 1.54) is 0 Å². The lowest BCUT2D eigenvalue weighted by Crippen LogP contribution is -2.27. The zero-order valence-electron chi connectivity index (χ0n) is 11.6. The van der Waals surface area contributed by atoms with Crippen LogP contribution in [0.1, 0.15) is 23.8 Å². The van der Waals surface area contributed by atoms with E-state index < -0.39 is 11.9 Å². The molecule has 110 valence electrons. The molecule has 0 aliphatic rings. The molecule has 1 aromatic heterocycles. The Morgan fingerprint density at radius 3 is 2.71 bits per heavy atom. The minimum Gasteiger partial charge on any atom is -0.481 e. The molecular weight excluding hydrogens is 272 g/mol. The third-order valence-corrected chi connectivity index (χ3v) is 3.09. The van der Waals surface area contributed by atoms with Gasteiger partial charge in [0, 0.05) is 18.2 Å². The lowest BCUT2D eigenvalue weighted by Gasteiger charge is -2.06. The first-order chi connectivity index (χ1) is 10.1. The van der Waals surface area contributed by atoms with Crippen molar-refractivity contribution in [1.29, 1.82) is 0 Å². The molecule has 0 saturated heterocycles. The van der Waals surface area contributed by atoms with Crippen molar-refractivity contribution in [2.75, 3.05) is 6.54 Å². The average Bonchev–Trinajstić information content (AvgIpc) is 2.97. The summed E-state index contributed by atoms with van der Waals surface area (Å²) in [6.45, 7) is 1.87. The van der Waals surface area contributed by atoms with E-state index in [-0.39, 0.29) is 18.1 Å². The van der Waals surface area contributed by atoms with Crippen LogP contribution in [-0.2, 0) is 4.79 Å². The fraction of sp³-hybridized carbons (Fsp3) is 0.267. The van der Waals surface area contributed by atoms with Crippen LogP contribution in [0.2, 0.25) is 0 Å². The second kappa shape index (κ2) is 6.69. The number of carbonyl (C=O) groups excluding carboxylic acids is 1. The van der Waals surface area contributed by atoms with Gasteiger partial charge >= 0.3 is 5.97 Å². The smallest absolute Gasteiger partial charge is 0.306 e. The fourth-order valence-electron chi connectivity index (χ4n) is 1.74. The monoisotopic (exact) mass is 288 g/mol. The zero-order valence-corrected chi connectivity index (χ0v) is 11.6. The summed E-state index contributed by atoms with van der Waals surface area (Å²) >= 11 is 0. The van der Waals surface area contributed by atoms with Crippen LogP contribution < -0.4 is 5.32 Å². The van der Waals surface area contributed by atoms with Crippen LogP contribution in [0.3, 0.4) is 0 Å². The number of amides is 1. The van der Waals surface area contributed by atoms with Crippen LogP contribution in [0.4, 0.5) is 0 Å². The van der Waals surface area contributed by atoms with Crippen LogP contribution in [0.25, 0.3) is 11.3 Å². The molecule has 6 nitrogen and oxygen atoms in total. The number of aliphatic carboxylic acids is 1. The third kappa shape index (κ3) is 3.92. The Bertz CT molecular complexity index is 622. The molecule has 1 unspecified atom stereocenters. The van der Waals surface area contributed by atoms with E-state index in [4.69, 9.17) is 9.63 Å². The van der Waals surface area contributed by atoms with Crippen molar-refractivity contribution in [2.45, 2.75) is 13.3 Å². The Morgan fingerprint density at radius 2 is 2.05 bits per heavy atom. The summed E-state index contributed by atoms with van der Waals surface area (Å²) < 4.78 is 5.13. The molecule has 2 rings (SSSR count). The van der Waals surface area contributed by atoms with Gasteiger partial charge in [0.2, 0.25) is 0 Å². The number of benzene rings is 1. The van der Waals surface area contributed by atoms with Crippen LogP contribution in [0.5, 0.6) is 0 Å². The standard InChI is InChI=1S/C15H16N2O4/c1-10(15(19)20)7-8-16-14(18)12-9-13(21-17-12)11-5-3-2-4-6-11/h2-6,9-10H,7-8H2,1H3,(H,16,18)(H,19,20). The highest BCUT2D eigenvalue weighted by molar-refractivity contribution is 5.93. The molecule has 0 radical (unpaired) electrons. The summed E-state index contributed by atoms with van der Waals surface area (Å²) in [6.07, 6.45) is 0.366. The molecule has 0 fully saturated rings. The van der Waals surface area contributed by atoms with Crippen LogP contribution in [0, 0.1) is 5.92 Å². The van der Waals surface area contributed by atoms with E-state index in [1.807, 2.05) is 30.3 Å². The van der Waals surface area contributed by atoms with Gasteiger partial charge in [0.05, 0.1) is 5.92 Å². The molecule has 2 aromatic rings.